The molecule has 0 amide bonds. The van der Waals surface area contributed by atoms with Crippen LogP contribution in [0.1, 0.15) is 11.1 Å². The zero-order valence-corrected chi connectivity index (χ0v) is 29.6. The SMILES string of the molecule is COc1ccc2c(c1)CNC2.[B]B([B])B([B])B(B([B])[B])B(B(B(B([B])[B])B([B])[B])B(B([B])[B])B([B])[B])B(B(B([B])[B])B([B])[B])B(B([B])[B])B([B])[B]. The van der Waals surface area contributed by atoms with Crippen LogP contribution in [-0.4, -0.2) is 291 Å². The highest BCUT2D eigenvalue weighted by Gasteiger charge is 2.56. The molecule has 0 saturated carbocycles. The van der Waals surface area contributed by atoms with E-state index in [0.717, 1.165) is 18.8 Å². The predicted molar refractivity (Wildman–Crippen MR) is 274 cm³/mol. The van der Waals surface area contributed by atoms with E-state index in [1.807, 2.05) is 6.07 Å². The molecule has 2 rings (SSSR count). The third kappa shape index (κ3) is 14.2. The van der Waals surface area contributed by atoms with Gasteiger partial charge in [0.15, 0.2) is 0 Å². The van der Waals surface area contributed by atoms with E-state index in [-0.39, 0.29) is 0 Å². The Kier molecular flexibility index (Phi) is 23.5. The highest BCUT2D eigenvalue weighted by molar-refractivity contribution is 8.32. The summed E-state index contributed by atoms with van der Waals surface area (Å²) < 4.78 is 5.11. The normalized spacial score (nSPS) is 10.7. The lowest BCUT2D eigenvalue weighted by atomic mass is 8.27. The minimum Gasteiger partial charge on any atom is -0.497 e. The first kappa shape index (κ1) is 50.6. The van der Waals surface area contributed by atoms with Gasteiger partial charge in [-0.05, 0) is 23.3 Å². The van der Waals surface area contributed by atoms with Crippen LogP contribution in [0, 0.1) is 0 Å². The van der Waals surface area contributed by atoms with Crippen molar-refractivity contribution in [1.82, 2.24) is 5.32 Å². The van der Waals surface area contributed by atoms with Gasteiger partial charge in [-0.1, -0.05) is 6.07 Å². The number of methoxy groups -OCH3 is 1. The van der Waals surface area contributed by atoms with Crippen LogP contribution in [-0.2, 0) is 13.1 Å². The van der Waals surface area contributed by atoms with Crippen molar-refractivity contribution in [3.05, 3.63) is 29.3 Å². The van der Waals surface area contributed by atoms with Crippen LogP contribution in [0.2, 0.25) is 0 Å². The van der Waals surface area contributed by atoms with Crippen LogP contribution in [0.25, 0.3) is 0 Å². The second-order valence-electron chi connectivity index (χ2n) is 13.7. The maximum atomic E-state index is 6.54. The summed E-state index contributed by atoms with van der Waals surface area (Å²) in [6.07, 6.45) is -21.7. The van der Waals surface area contributed by atoms with E-state index in [0.29, 0.717) is 0 Å². The predicted octanol–water partition coefficient (Wildman–Crippen LogP) is -13.9. The van der Waals surface area contributed by atoms with E-state index < -0.39 is 121 Å². The molecule has 0 unspecified atom stereocenters. The van der Waals surface area contributed by atoms with Crippen molar-refractivity contribution >= 4 is 284 Å². The third-order valence-electron chi connectivity index (χ3n) is 10.0. The van der Waals surface area contributed by atoms with Crippen LogP contribution in [0.3, 0.4) is 0 Å². The topological polar surface area (TPSA) is 21.3 Å². The van der Waals surface area contributed by atoms with Crippen LogP contribution < -0.4 is 10.1 Å². The van der Waals surface area contributed by atoms with Gasteiger partial charge in [-0.15, -0.1) is 0 Å². The molecule has 0 fully saturated rings. The van der Waals surface area contributed by atoms with Crippen molar-refractivity contribution in [2.45, 2.75) is 13.1 Å². The molecule has 0 saturated heterocycles. The lowest BCUT2D eigenvalue weighted by molar-refractivity contribution is 0.414. The molecule has 1 aromatic carbocycles. The van der Waals surface area contributed by atoms with Crippen molar-refractivity contribution in [2.75, 3.05) is 7.11 Å². The molecule has 1 aliphatic heterocycles. The van der Waals surface area contributed by atoms with Gasteiger partial charge in [0.1, 0.15) is 5.75 Å². The minimum atomic E-state index is -1.25. The van der Waals surface area contributed by atoms with E-state index >= 15 is 0 Å². The van der Waals surface area contributed by atoms with Crippen LogP contribution in [0.15, 0.2) is 18.2 Å². The molecular formula is C9H11B40NO. The second-order valence-corrected chi connectivity index (χ2v) is 13.7. The second kappa shape index (κ2) is 23.7. The van der Waals surface area contributed by atoms with Crippen LogP contribution in [0.4, 0.5) is 0 Å². The fourth-order valence-corrected chi connectivity index (χ4v) is 7.81. The summed E-state index contributed by atoms with van der Waals surface area (Å²) in [5, 5.41) is 3.28. The fourth-order valence-electron chi connectivity index (χ4n) is 7.81. The van der Waals surface area contributed by atoms with Crippen molar-refractivity contribution in [3.63, 3.8) is 0 Å². The molecule has 1 N–H and O–H groups in total. The first-order valence-corrected chi connectivity index (χ1v) is 16.8. The zero-order chi connectivity index (χ0) is 39.7. The Morgan fingerprint density at radius 3 is 0.961 bits per heavy atom. The van der Waals surface area contributed by atoms with Crippen molar-refractivity contribution in [3.8, 4) is 5.75 Å². The molecule has 178 valence electrons. The van der Waals surface area contributed by atoms with Crippen molar-refractivity contribution < 1.29 is 4.74 Å². The van der Waals surface area contributed by atoms with Crippen LogP contribution in [0.5, 0.6) is 5.75 Å². The summed E-state index contributed by atoms with van der Waals surface area (Å²) in [4.78, 5) is 0. The molecule has 0 aromatic heterocycles. The van der Waals surface area contributed by atoms with Gasteiger partial charge in [0.2, 0.25) is 0 Å². The Bertz CT molecular complexity index is 995. The van der Waals surface area contributed by atoms with E-state index in [2.05, 4.69) is 17.4 Å². The average Bonchev–Trinajstić information content (AvgIpc) is 3.45. The van der Waals surface area contributed by atoms with Gasteiger partial charge in [-0.2, -0.15) is 0 Å². The van der Waals surface area contributed by atoms with Gasteiger partial charge in [0.25, 0.3) is 0 Å². The first-order valence-electron chi connectivity index (χ1n) is 16.8. The standard InChI is InChI=1S/C9H11NO.B40/c1-11-9-3-2-7-5-10-6-8(7)4-9;1-22(2)32(21)37(31(19)20)40(38(33(23(3)4)24(5)6)34(25(7)8)26(9)10)39(35(27(11)12)28(13)14)36(29(15)16)30(17)18/h2-4,10H,5-6H2,1H3;. The lowest BCUT2D eigenvalue weighted by Gasteiger charge is -2.54. The maximum Gasteiger partial charge on any atom is 0.119 e. The molecule has 51 heavy (non-hydrogen) atoms. The van der Waals surface area contributed by atoms with Gasteiger partial charge in [-0.3, -0.25) is 0 Å². The molecule has 42 radical (unpaired) electrons. The molecule has 0 bridgehead atoms. The molecule has 0 atom stereocenters. The smallest absolute Gasteiger partial charge is 0.119 e. The molecule has 1 aromatic rings. The minimum absolute atomic E-state index is 0.951. The summed E-state index contributed by atoms with van der Waals surface area (Å²) >= 11 is 0. The number of rotatable bonds is 19. The number of ether oxygens (including phenoxy) is 1. The van der Waals surface area contributed by atoms with Gasteiger partial charge in [0, 0.05) is 297 Å². The Morgan fingerprint density at radius 2 is 0.686 bits per heavy atom. The highest BCUT2D eigenvalue weighted by Crippen LogP contribution is 2.21. The fraction of sp³-hybridized carbons (Fsp3) is 0.333. The highest BCUT2D eigenvalue weighted by atomic mass is 16.5. The maximum absolute atomic E-state index is 6.54. The van der Waals surface area contributed by atoms with Gasteiger partial charge in [0.05, 0.1) is 7.11 Å². The molecule has 42 heteroatoms. The van der Waals surface area contributed by atoms with Gasteiger partial charge >= 0.3 is 0 Å². The van der Waals surface area contributed by atoms with Gasteiger partial charge < -0.3 is 10.1 Å². The number of fused-ring (bicyclic) bond motifs is 1. The number of hydrogen-bond acceptors (Lipinski definition) is 2. The van der Waals surface area contributed by atoms with E-state index in [1.54, 1.807) is 7.11 Å². The van der Waals surface area contributed by atoms with E-state index in [1.165, 1.54) is 11.1 Å². The van der Waals surface area contributed by atoms with Crippen molar-refractivity contribution in [1.29, 1.82) is 0 Å². The number of benzene rings is 1. The largest absolute Gasteiger partial charge is 0.497 e. The Balaban J connectivity index is 0.000000981. The lowest BCUT2D eigenvalue weighted by Crippen LogP contribution is -2.92. The quantitative estimate of drug-likeness (QED) is 0.164. The molecule has 0 spiro atoms. The van der Waals surface area contributed by atoms with E-state index in [9.17, 15) is 0 Å². The van der Waals surface area contributed by atoms with Crippen LogP contribution >= 0.6 is 0 Å². The molecule has 0 aliphatic carbocycles. The van der Waals surface area contributed by atoms with Crippen molar-refractivity contribution in [2.24, 2.45) is 0 Å². The third-order valence-corrected chi connectivity index (χ3v) is 10.0. The summed E-state index contributed by atoms with van der Waals surface area (Å²) in [7, 11) is 133. The Labute approximate surface area is 346 Å². The Hall–Kier alpha value is 1.58. The number of hydrogen-bond donors (Lipinski definition) is 1. The molecule has 2 nitrogen and oxygen atoms in total. The number of nitrogens with one attached hydrogen (secondary N) is 1. The molecule has 1 aliphatic rings. The Morgan fingerprint density at radius 1 is 0.392 bits per heavy atom. The average molecular weight is 582 g/mol. The molecule has 1 heterocycles. The van der Waals surface area contributed by atoms with E-state index in [4.69, 9.17) is 167 Å². The summed E-state index contributed by atoms with van der Waals surface area (Å²) in [5.41, 5.74) is 2.76. The summed E-state index contributed by atoms with van der Waals surface area (Å²) in [5.74, 6) is 0.951. The summed E-state index contributed by atoms with van der Waals surface area (Å²) in [6, 6.07) is 6.22. The first-order chi connectivity index (χ1) is 23.5. The monoisotopic (exact) mass is 589 g/mol. The summed E-state index contributed by atoms with van der Waals surface area (Å²) in [6.45, 7) is 1.98. The zero-order valence-electron chi connectivity index (χ0n) is 29.6. The molecular weight excluding hydrogens is 571 g/mol. The van der Waals surface area contributed by atoms with Gasteiger partial charge in [-0.25, -0.2) is 0 Å².